The van der Waals surface area contributed by atoms with Crippen LogP contribution in [0, 0.1) is 0 Å². The second-order valence-electron chi connectivity index (χ2n) is 8.50. The summed E-state index contributed by atoms with van der Waals surface area (Å²) in [6.45, 7) is 2.03. The van der Waals surface area contributed by atoms with E-state index in [9.17, 15) is 0 Å². The van der Waals surface area contributed by atoms with Gasteiger partial charge < -0.3 is 11.1 Å². The molecule has 0 bridgehead atoms. The van der Waals surface area contributed by atoms with E-state index in [0.717, 1.165) is 22.5 Å². The molecular formula is C33H28N2. The summed E-state index contributed by atoms with van der Waals surface area (Å²) >= 11 is 0. The minimum Gasteiger partial charge on any atom is -0.405 e. The van der Waals surface area contributed by atoms with E-state index in [-0.39, 0.29) is 0 Å². The first-order valence-electron chi connectivity index (χ1n) is 11.9. The summed E-state index contributed by atoms with van der Waals surface area (Å²) in [6, 6.07) is 40.7. The molecule has 0 aliphatic carbocycles. The van der Waals surface area contributed by atoms with Crippen LogP contribution in [-0.2, 0) is 0 Å². The summed E-state index contributed by atoms with van der Waals surface area (Å²) in [4.78, 5) is 0. The highest BCUT2D eigenvalue weighted by atomic mass is 14.9. The first-order chi connectivity index (χ1) is 17.2. The van der Waals surface area contributed by atoms with Crippen molar-refractivity contribution in [3.05, 3.63) is 139 Å². The Labute approximate surface area is 207 Å². The fourth-order valence-corrected chi connectivity index (χ4v) is 4.45. The number of anilines is 2. The third-order valence-electron chi connectivity index (χ3n) is 6.25. The number of rotatable bonds is 6. The second-order valence-corrected chi connectivity index (χ2v) is 8.50. The number of nitrogens with two attached hydrogens (primary N) is 1. The standard InChI is InChI=1S/C33H28N2/c1-2-24(19-20-34)25-9-8-10-26(21-25)27-15-16-29-23-30(18-17-28(29)22-27)32-13-6-7-14-33(32)35-31-11-4-3-5-12-31/h2-23,35H,34H2,1H3/b20-19-,24-2+. The Balaban J connectivity index is 1.49. The van der Waals surface area contributed by atoms with Crippen molar-refractivity contribution in [3.8, 4) is 22.3 Å². The molecule has 5 aromatic rings. The normalized spacial score (nSPS) is 11.7. The number of hydrogen-bond donors (Lipinski definition) is 2. The maximum atomic E-state index is 5.63. The van der Waals surface area contributed by atoms with Gasteiger partial charge in [0.25, 0.3) is 0 Å². The molecule has 0 aliphatic rings. The number of nitrogens with one attached hydrogen (secondary N) is 1. The quantitative estimate of drug-likeness (QED) is 0.253. The highest BCUT2D eigenvalue weighted by Gasteiger charge is 2.08. The first-order valence-corrected chi connectivity index (χ1v) is 11.9. The molecule has 0 saturated heterocycles. The summed E-state index contributed by atoms with van der Waals surface area (Å²) < 4.78 is 0. The van der Waals surface area contributed by atoms with Gasteiger partial charge in [0, 0.05) is 16.9 Å². The molecule has 0 spiro atoms. The molecule has 0 aromatic heterocycles. The Bertz CT molecular complexity index is 1530. The molecule has 0 saturated carbocycles. The number of allylic oxidation sites excluding steroid dienone is 3. The molecular weight excluding hydrogens is 424 g/mol. The monoisotopic (exact) mass is 452 g/mol. The van der Waals surface area contributed by atoms with Gasteiger partial charge in [0.1, 0.15) is 0 Å². The predicted octanol–water partition coefficient (Wildman–Crippen LogP) is 8.79. The summed E-state index contributed by atoms with van der Waals surface area (Å²) in [5.41, 5.74) is 14.8. The molecule has 3 N–H and O–H groups in total. The van der Waals surface area contributed by atoms with Crippen molar-refractivity contribution in [1.29, 1.82) is 0 Å². The Morgan fingerprint density at radius 2 is 1.34 bits per heavy atom. The highest BCUT2D eigenvalue weighted by Crippen LogP contribution is 2.34. The molecule has 2 heteroatoms. The molecule has 35 heavy (non-hydrogen) atoms. The maximum Gasteiger partial charge on any atom is 0.0463 e. The van der Waals surface area contributed by atoms with Crippen molar-refractivity contribution in [2.45, 2.75) is 6.92 Å². The summed E-state index contributed by atoms with van der Waals surface area (Å²) in [6.07, 6.45) is 5.60. The van der Waals surface area contributed by atoms with E-state index >= 15 is 0 Å². The first kappa shape index (κ1) is 22.2. The van der Waals surface area contributed by atoms with Crippen molar-refractivity contribution in [1.82, 2.24) is 0 Å². The molecule has 5 rings (SSSR count). The van der Waals surface area contributed by atoms with E-state index in [1.54, 1.807) is 6.20 Å². The summed E-state index contributed by atoms with van der Waals surface area (Å²) in [5, 5.41) is 6.00. The van der Waals surface area contributed by atoms with Crippen LogP contribution in [0.15, 0.2) is 134 Å². The van der Waals surface area contributed by atoms with Crippen LogP contribution in [0.3, 0.4) is 0 Å². The average Bonchev–Trinajstić information content (AvgIpc) is 2.92. The van der Waals surface area contributed by atoms with Crippen LogP contribution in [0.4, 0.5) is 11.4 Å². The van der Waals surface area contributed by atoms with Crippen LogP contribution in [0.5, 0.6) is 0 Å². The lowest BCUT2D eigenvalue weighted by Crippen LogP contribution is -1.93. The third kappa shape index (κ3) is 4.87. The van der Waals surface area contributed by atoms with Gasteiger partial charge in [-0.15, -0.1) is 0 Å². The Hall–Kier alpha value is -4.56. The fourth-order valence-electron chi connectivity index (χ4n) is 4.45. The van der Waals surface area contributed by atoms with Gasteiger partial charge in [-0.05, 0) is 94.2 Å². The van der Waals surface area contributed by atoms with Crippen molar-refractivity contribution < 1.29 is 0 Å². The largest absolute Gasteiger partial charge is 0.405 e. The van der Waals surface area contributed by atoms with Crippen molar-refractivity contribution in [2.75, 3.05) is 5.32 Å². The number of benzene rings is 5. The summed E-state index contributed by atoms with van der Waals surface area (Å²) in [5.74, 6) is 0. The molecule has 0 atom stereocenters. The van der Waals surface area contributed by atoms with Gasteiger partial charge in [-0.2, -0.15) is 0 Å². The number of fused-ring (bicyclic) bond motifs is 1. The number of hydrogen-bond acceptors (Lipinski definition) is 2. The smallest absolute Gasteiger partial charge is 0.0463 e. The molecule has 0 radical (unpaired) electrons. The average molecular weight is 453 g/mol. The van der Waals surface area contributed by atoms with Crippen LogP contribution in [0.25, 0.3) is 38.6 Å². The van der Waals surface area contributed by atoms with E-state index in [1.165, 1.54) is 33.0 Å². The van der Waals surface area contributed by atoms with E-state index in [2.05, 4.69) is 108 Å². The lowest BCUT2D eigenvalue weighted by atomic mass is 9.95. The molecule has 5 aromatic carbocycles. The van der Waals surface area contributed by atoms with E-state index < -0.39 is 0 Å². The highest BCUT2D eigenvalue weighted by molar-refractivity contribution is 5.93. The number of para-hydroxylation sites is 2. The van der Waals surface area contributed by atoms with Gasteiger partial charge in [0.2, 0.25) is 0 Å². The molecule has 0 unspecified atom stereocenters. The van der Waals surface area contributed by atoms with E-state index in [1.807, 2.05) is 31.2 Å². The van der Waals surface area contributed by atoms with Gasteiger partial charge in [0.15, 0.2) is 0 Å². The van der Waals surface area contributed by atoms with Crippen molar-refractivity contribution in [3.63, 3.8) is 0 Å². The lowest BCUT2D eigenvalue weighted by molar-refractivity contribution is 1.54. The minimum atomic E-state index is 1.08. The van der Waals surface area contributed by atoms with Crippen molar-refractivity contribution >= 4 is 27.7 Å². The van der Waals surface area contributed by atoms with Crippen molar-refractivity contribution in [2.24, 2.45) is 5.73 Å². The Kier molecular flexibility index (Phi) is 6.45. The molecule has 2 nitrogen and oxygen atoms in total. The summed E-state index contributed by atoms with van der Waals surface area (Å²) in [7, 11) is 0. The van der Waals surface area contributed by atoms with Crippen LogP contribution >= 0.6 is 0 Å². The molecule has 0 aliphatic heterocycles. The predicted molar refractivity (Wildman–Crippen MR) is 152 cm³/mol. The molecule has 0 heterocycles. The molecule has 0 fully saturated rings. The van der Waals surface area contributed by atoms with E-state index in [4.69, 9.17) is 5.73 Å². The van der Waals surface area contributed by atoms with Crippen LogP contribution in [0.2, 0.25) is 0 Å². The van der Waals surface area contributed by atoms with Gasteiger partial charge >= 0.3 is 0 Å². The minimum absolute atomic E-state index is 1.08. The third-order valence-corrected chi connectivity index (χ3v) is 6.25. The van der Waals surface area contributed by atoms with Gasteiger partial charge in [-0.25, -0.2) is 0 Å². The fraction of sp³-hybridized carbons (Fsp3) is 0.0303. The molecule has 0 amide bonds. The topological polar surface area (TPSA) is 38.0 Å². The zero-order chi connectivity index (χ0) is 24.0. The SMILES string of the molecule is C/C=C(\C=C/N)c1cccc(-c2ccc3cc(-c4ccccc4Nc4ccccc4)ccc3c2)c1. The van der Waals surface area contributed by atoms with Crippen LogP contribution < -0.4 is 11.1 Å². The Morgan fingerprint density at radius 1 is 0.657 bits per heavy atom. The zero-order valence-electron chi connectivity index (χ0n) is 19.8. The van der Waals surface area contributed by atoms with Crippen LogP contribution in [0.1, 0.15) is 12.5 Å². The van der Waals surface area contributed by atoms with Gasteiger partial charge in [-0.3, -0.25) is 0 Å². The van der Waals surface area contributed by atoms with E-state index in [0.29, 0.717) is 0 Å². The molecule has 170 valence electrons. The van der Waals surface area contributed by atoms with Crippen LogP contribution in [-0.4, -0.2) is 0 Å². The maximum absolute atomic E-state index is 5.63. The lowest BCUT2D eigenvalue weighted by Gasteiger charge is -2.13. The Morgan fingerprint density at radius 3 is 2.11 bits per heavy atom. The zero-order valence-corrected chi connectivity index (χ0v) is 19.8. The second kappa shape index (κ2) is 10.1. The van der Waals surface area contributed by atoms with Gasteiger partial charge in [0.05, 0.1) is 0 Å². The van der Waals surface area contributed by atoms with Gasteiger partial charge in [-0.1, -0.05) is 84.9 Å².